The van der Waals surface area contributed by atoms with E-state index in [4.69, 9.17) is 0 Å². The highest BCUT2D eigenvalue weighted by Crippen LogP contribution is 2.25. The van der Waals surface area contributed by atoms with Crippen molar-refractivity contribution in [3.05, 3.63) is 42.2 Å². The zero-order valence-corrected chi connectivity index (χ0v) is 15.2. The van der Waals surface area contributed by atoms with Crippen LogP contribution in [0, 0.1) is 5.92 Å². The highest BCUT2D eigenvalue weighted by atomic mass is 16.1. The molecule has 1 aromatic carbocycles. The molecule has 5 heteroatoms. The first kappa shape index (κ1) is 17.0. The molecule has 1 N–H and O–H groups in total. The van der Waals surface area contributed by atoms with Crippen LogP contribution in [0.3, 0.4) is 0 Å². The number of aromatic nitrogens is 3. The van der Waals surface area contributed by atoms with Gasteiger partial charge in [0.15, 0.2) is 5.82 Å². The van der Waals surface area contributed by atoms with Gasteiger partial charge in [-0.25, -0.2) is 0 Å². The SMILES string of the molecule is O=C(Nc1ccc(-c2nnc3n2CCCCCC3)cc1)[C@@H]1CC=CCC1. The average molecular weight is 350 g/mol. The minimum absolute atomic E-state index is 0.0934. The van der Waals surface area contributed by atoms with Crippen molar-refractivity contribution < 1.29 is 4.79 Å². The Balaban J connectivity index is 1.48. The summed E-state index contributed by atoms with van der Waals surface area (Å²) in [5.74, 6) is 2.25. The van der Waals surface area contributed by atoms with Gasteiger partial charge in [-0.3, -0.25) is 4.79 Å². The topological polar surface area (TPSA) is 59.8 Å². The Morgan fingerprint density at radius 3 is 2.69 bits per heavy atom. The van der Waals surface area contributed by atoms with Gasteiger partial charge in [0, 0.05) is 30.1 Å². The van der Waals surface area contributed by atoms with Crippen molar-refractivity contribution in [2.24, 2.45) is 5.92 Å². The van der Waals surface area contributed by atoms with Crippen LogP contribution in [0.5, 0.6) is 0 Å². The molecule has 0 radical (unpaired) electrons. The van der Waals surface area contributed by atoms with Crippen molar-refractivity contribution in [3.63, 3.8) is 0 Å². The number of hydrogen-bond acceptors (Lipinski definition) is 3. The Bertz CT molecular complexity index is 791. The van der Waals surface area contributed by atoms with E-state index in [1.54, 1.807) is 0 Å². The molecule has 0 saturated heterocycles. The second kappa shape index (κ2) is 7.85. The summed E-state index contributed by atoms with van der Waals surface area (Å²) in [5, 5.41) is 11.9. The standard InChI is InChI=1S/C21H26N4O/c26-21(17-8-4-3-5-9-17)22-18-13-11-16(12-14-18)20-24-23-19-10-6-1-2-7-15-25(19)20/h3-4,11-14,17H,1-2,5-10,15H2,(H,22,26)/t17-/m1/s1. The van der Waals surface area contributed by atoms with Crippen LogP contribution in [0.15, 0.2) is 36.4 Å². The number of nitrogens with zero attached hydrogens (tertiary/aromatic N) is 3. The van der Waals surface area contributed by atoms with Crippen LogP contribution in [0.1, 0.15) is 50.8 Å². The summed E-state index contributed by atoms with van der Waals surface area (Å²) in [6.45, 7) is 0.991. The summed E-state index contributed by atoms with van der Waals surface area (Å²) in [6, 6.07) is 8.01. The molecule has 26 heavy (non-hydrogen) atoms. The highest BCUT2D eigenvalue weighted by molar-refractivity contribution is 5.92. The van der Waals surface area contributed by atoms with E-state index in [1.807, 2.05) is 24.3 Å². The van der Waals surface area contributed by atoms with Gasteiger partial charge < -0.3 is 9.88 Å². The summed E-state index contributed by atoms with van der Waals surface area (Å²) in [7, 11) is 0. The third-order valence-corrected chi connectivity index (χ3v) is 5.41. The van der Waals surface area contributed by atoms with Gasteiger partial charge in [-0.15, -0.1) is 10.2 Å². The molecule has 2 heterocycles. The first-order valence-electron chi connectivity index (χ1n) is 9.79. The van der Waals surface area contributed by atoms with E-state index < -0.39 is 0 Å². The number of benzene rings is 1. The largest absolute Gasteiger partial charge is 0.326 e. The number of rotatable bonds is 3. The second-order valence-corrected chi connectivity index (χ2v) is 7.30. The maximum Gasteiger partial charge on any atom is 0.227 e. The number of amides is 1. The maximum atomic E-state index is 12.4. The number of fused-ring (bicyclic) bond motifs is 1. The number of anilines is 1. The molecule has 1 aliphatic heterocycles. The molecule has 0 fully saturated rings. The van der Waals surface area contributed by atoms with E-state index in [9.17, 15) is 4.79 Å². The lowest BCUT2D eigenvalue weighted by molar-refractivity contribution is -0.120. The monoisotopic (exact) mass is 350 g/mol. The molecule has 4 rings (SSSR count). The van der Waals surface area contributed by atoms with Gasteiger partial charge in [-0.1, -0.05) is 25.0 Å². The molecule has 0 unspecified atom stereocenters. The molecule has 0 spiro atoms. The minimum Gasteiger partial charge on any atom is -0.326 e. The van der Waals surface area contributed by atoms with Gasteiger partial charge in [0.2, 0.25) is 5.91 Å². The Labute approximate surface area is 154 Å². The predicted octanol–water partition coefficient (Wildman–Crippen LogP) is 4.36. The van der Waals surface area contributed by atoms with Crippen molar-refractivity contribution >= 4 is 11.6 Å². The number of hydrogen-bond donors (Lipinski definition) is 1. The maximum absolute atomic E-state index is 12.4. The van der Waals surface area contributed by atoms with E-state index in [0.717, 1.165) is 55.1 Å². The lowest BCUT2D eigenvalue weighted by Gasteiger charge is -2.17. The zero-order valence-electron chi connectivity index (χ0n) is 15.2. The van der Waals surface area contributed by atoms with Crippen LogP contribution in [0.25, 0.3) is 11.4 Å². The summed E-state index contributed by atoms with van der Waals surface area (Å²) >= 11 is 0. The Kier molecular flexibility index (Phi) is 5.14. The van der Waals surface area contributed by atoms with Crippen LogP contribution >= 0.6 is 0 Å². The molecule has 2 aromatic rings. The van der Waals surface area contributed by atoms with Crippen LogP contribution in [-0.4, -0.2) is 20.7 Å². The molecule has 1 amide bonds. The molecular formula is C21H26N4O. The minimum atomic E-state index is 0.0934. The summed E-state index contributed by atoms with van der Waals surface area (Å²) in [6.07, 6.45) is 13.0. The van der Waals surface area contributed by atoms with Gasteiger partial charge in [0.1, 0.15) is 5.82 Å². The van der Waals surface area contributed by atoms with Crippen LogP contribution in [-0.2, 0) is 17.8 Å². The quantitative estimate of drug-likeness (QED) is 0.837. The van der Waals surface area contributed by atoms with Crippen molar-refractivity contribution in [2.45, 2.75) is 57.9 Å². The molecular weight excluding hydrogens is 324 g/mol. The Morgan fingerprint density at radius 2 is 1.88 bits per heavy atom. The number of allylic oxidation sites excluding steroid dienone is 2. The fourth-order valence-corrected chi connectivity index (χ4v) is 3.85. The van der Waals surface area contributed by atoms with Crippen LogP contribution < -0.4 is 5.32 Å². The van der Waals surface area contributed by atoms with Crippen molar-refractivity contribution in [3.8, 4) is 11.4 Å². The van der Waals surface area contributed by atoms with Gasteiger partial charge in [-0.2, -0.15) is 0 Å². The molecule has 1 aromatic heterocycles. The third-order valence-electron chi connectivity index (χ3n) is 5.41. The van der Waals surface area contributed by atoms with Gasteiger partial charge >= 0.3 is 0 Å². The zero-order chi connectivity index (χ0) is 17.8. The molecule has 0 bridgehead atoms. The number of carbonyl (C=O) groups excluding carboxylic acids is 1. The van der Waals surface area contributed by atoms with Crippen molar-refractivity contribution in [1.29, 1.82) is 0 Å². The summed E-state index contributed by atoms with van der Waals surface area (Å²) in [5.41, 5.74) is 1.91. The third kappa shape index (κ3) is 3.71. The normalized spacial score (nSPS) is 20.1. The van der Waals surface area contributed by atoms with E-state index in [2.05, 4.69) is 32.2 Å². The van der Waals surface area contributed by atoms with Crippen LogP contribution in [0.4, 0.5) is 5.69 Å². The lowest BCUT2D eigenvalue weighted by Crippen LogP contribution is -2.23. The lowest BCUT2D eigenvalue weighted by atomic mass is 9.93. The average Bonchev–Trinajstić information content (AvgIpc) is 3.04. The van der Waals surface area contributed by atoms with Crippen molar-refractivity contribution in [2.75, 3.05) is 5.32 Å². The van der Waals surface area contributed by atoms with E-state index >= 15 is 0 Å². The molecule has 1 aliphatic carbocycles. The smallest absolute Gasteiger partial charge is 0.227 e. The first-order valence-corrected chi connectivity index (χ1v) is 9.79. The number of nitrogens with one attached hydrogen (secondary N) is 1. The Morgan fingerprint density at radius 1 is 1.04 bits per heavy atom. The fourth-order valence-electron chi connectivity index (χ4n) is 3.85. The highest BCUT2D eigenvalue weighted by Gasteiger charge is 2.19. The van der Waals surface area contributed by atoms with Crippen molar-refractivity contribution in [1.82, 2.24) is 14.8 Å². The molecule has 2 aliphatic rings. The van der Waals surface area contributed by atoms with Gasteiger partial charge in [0.05, 0.1) is 0 Å². The number of carbonyl (C=O) groups is 1. The number of aryl methyl sites for hydroxylation is 1. The fraction of sp³-hybridized carbons (Fsp3) is 0.476. The van der Waals surface area contributed by atoms with Gasteiger partial charge in [0.25, 0.3) is 0 Å². The van der Waals surface area contributed by atoms with E-state index in [0.29, 0.717) is 0 Å². The van der Waals surface area contributed by atoms with Crippen LogP contribution in [0.2, 0.25) is 0 Å². The van der Waals surface area contributed by atoms with Gasteiger partial charge in [-0.05, 0) is 56.4 Å². The molecule has 0 saturated carbocycles. The van der Waals surface area contributed by atoms with E-state index in [1.165, 1.54) is 25.7 Å². The summed E-state index contributed by atoms with van der Waals surface area (Å²) < 4.78 is 2.26. The Hall–Kier alpha value is -2.43. The van der Waals surface area contributed by atoms with E-state index in [-0.39, 0.29) is 11.8 Å². The molecule has 136 valence electrons. The molecule has 1 atom stereocenters. The second-order valence-electron chi connectivity index (χ2n) is 7.30. The summed E-state index contributed by atoms with van der Waals surface area (Å²) in [4.78, 5) is 12.4. The predicted molar refractivity (Wildman–Crippen MR) is 103 cm³/mol. The molecule has 5 nitrogen and oxygen atoms in total. The first-order chi connectivity index (χ1) is 12.8.